The maximum Gasteiger partial charge on any atom is 0.387 e. The zero-order chi connectivity index (χ0) is 13.3. The van der Waals surface area contributed by atoms with E-state index in [9.17, 15) is 17.6 Å². The van der Waals surface area contributed by atoms with E-state index in [2.05, 4.69) is 10.1 Å². The summed E-state index contributed by atoms with van der Waals surface area (Å²) in [5.41, 5.74) is -0.765. The van der Waals surface area contributed by atoms with E-state index in [4.69, 9.17) is 4.74 Å². The Balaban J connectivity index is 2.31. The topological polar surface area (TPSA) is 30.5 Å². The molecule has 7 heteroatoms. The van der Waals surface area contributed by atoms with Gasteiger partial charge in [-0.1, -0.05) is 0 Å². The monoisotopic (exact) mass is 265 g/mol. The standard InChI is InChI=1S/C11H11F4NO2/c1-17-11(4-5-11)16-7-3-2-6(12)8(13)9(7)18-10(14)15/h2-3,10,16H,4-5H2,1H3. The molecule has 0 amide bonds. The normalized spacial score (nSPS) is 16.8. The van der Waals surface area contributed by atoms with Crippen molar-refractivity contribution in [2.45, 2.75) is 25.2 Å². The summed E-state index contributed by atoms with van der Waals surface area (Å²) in [6.07, 6.45) is 1.30. The van der Waals surface area contributed by atoms with Crippen molar-refractivity contribution >= 4 is 5.69 Å². The molecule has 100 valence electrons. The van der Waals surface area contributed by atoms with Crippen molar-refractivity contribution in [1.82, 2.24) is 0 Å². The van der Waals surface area contributed by atoms with Gasteiger partial charge in [0, 0.05) is 7.11 Å². The Kier molecular flexibility index (Phi) is 3.34. The van der Waals surface area contributed by atoms with Gasteiger partial charge in [0.05, 0.1) is 5.69 Å². The van der Waals surface area contributed by atoms with Crippen LogP contribution in [0.25, 0.3) is 0 Å². The van der Waals surface area contributed by atoms with Gasteiger partial charge >= 0.3 is 6.61 Å². The van der Waals surface area contributed by atoms with Gasteiger partial charge in [0.1, 0.15) is 5.72 Å². The third-order valence-electron chi connectivity index (χ3n) is 2.71. The molecule has 2 rings (SSSR count). The highest BCUT2D eigenvalue weighted by atomic mass is 19.3. The molecular weight excluding hydrogens is 254 g/mol. The van der Waals surface area contributed by atoms with Crippen molar-refractivity contribution in [1.29, 1.82) is 0 Å². The molecule has 0 atom stereocenters. The highest BCUT2D eigenvalue weighted by Crippen LogP contribution is 2.42. The Hall–Kier alpha value is -1.50. The first-order valence-electron chi connectivity index (χ1n) is 5.23. The SMILES string of the molecule is COC1(Nc2ccc(F)c(F)c2OC(F)F)CC1. The lowest BCUT2D eigenvalue weighted by Crippen LogP contribution is -2.24. The highest BCUT2D eigenvalue weighted by Gasteiger charge is 2.44. The lowest BCUT2D eigenvalue weighted by molar-refractivity contribution is -0.0522. The number of nitrogens with one attached hydrogen (secondary N) is 1. The average Bonchev–Trinajstić information content (AvgIpc) is 3.09. The number of anilines is 1. The van der Waals surface area contributed by atoms with Crippen LogP contribution in [-0.2, 0) is 4.74 Å². The summed E-state index contributed by atoms with van der Waals surface area (Å²) in [5.74, 6) is -3.54. The minimum Gasteiger partial charge on any atom is -0.429 e. The minimum atomic E-state index is -3.24. The van der Waals surface area contributed by atoms with E-state index in [1.165, 1.54) is 7.11 Å². The van der Waals surface area contributed by atoms with Crippen molar-refractivity contribution in [3.8, 4) is 5.75 Å². The van der Waals surface area contributed by atoms with Gasteiger partial charge in [0.25, 0.3) is 0 Å². The fourth-order valence-corrected chi connectivity index (χ4v) is 1.57. The van der Waals surface area contributed by atoms with Crippen LogP contribution in [0.2, 0.25) is 0 Å². The van der Waals surface area contributed by atoms with Gasteiger partial charge in [-0.25, -0.2) is 4.39 Å². The predicted octanol–water partition coefficient (Wildman–Crippen LogP) is 3.11. The van der Waals surface area contributed by atoms with Crippen molar-refractivity contribution in [3.63, 3.8) is 0 Å². The Morgan fingerprint density at radius 3 is 2.44 bits per heavy atom. The fraction of sp³-hybridized carbons (Fsp3) is 0.455. The van der Waals surface area contributed by atoms with Crippen LogP contribution in [0.5, 0.6) is 5.75 Å². The molecule has 0 aliphatic heterocycles. The molecule has 1 aliphatic carbocycles. The molecule has 1 fully saturated rings. The minimum absolute atomic E-state index is 0.0615. The summed E-state index contributed by atoms with van der Waals surface area (Å²) >= 11 is 0. The lowest BCUT2D eigenvalue weighted by Gasteiger charge is -2.20. The van der Waals surface area contributed by atoms with Crippen LogP contribution >= 0.6 is 0 Å². The highest BCUT2D eigenvalue weighted by molar-refractivity contribution is 5.59. The molecule has 0 bridgehead atoms. The smallest absolute Gasteiger partial charge is 0.387 e. The number of hydrogen-bond donors (Lipinski definition) is 1. The average molecular weight is 265 g/mol. The number of benzene rings is 1. The van der Waals surface area contributed by atoms with Crippen LogP contribution < -0.4 is 10.1 Å². The van der Waals surface area contributed by atoms with Crippen LogP contribution in [0.4, 0.5) is 23.2 Å². The quantitative estimate of drug-likeness (QED) is 0.655. The fourth-order valence-electron chi connectivity index (χ4n) is 1.57. The van der Waals surface area contributed by atoms with E-state index in [-0.39, 0.29) is 5.69 Å². The van der Waals surface area contributed by atoms with Crippen LogP contribution in [0.1, 0.15) is 12.8 Å². The van der Waals surface area contributed by atoms with Gasteiger partial charge in [-0.15, -0.1) is 0 Å². The second-order valence-electron chi connectivity index (χ2n) is 3.94. The summed E-state index contributed by atoms with van der Waals surface area (Å²) in [7, 11) is 1.44. The third kappa shape index (κ3) is 2.50. The largest absolute Gasteiger partial charge is 0.429 e. The predicted molar refractivity (Wildman–Crippen MR) is 55.6 cm³/mol. The van der Waals surface area contributed by atoms with Crippen LogP contribution in [0.3, 0.4) is 0 Å². The Morgan fingerprint density at radius 1 is 1.28 bits per heavy atom. The lowest BCUT2D eigenvalue weighted by atomic mass is 10.2. The molecular formula is C11H11F4NO2. The van der Waals surface area contributed by atoms with E-state index in [1.54, 1.807) is 0 Å². The van der Waals surface area contributed by atoms with Crippen molar-refractivity contribution in [2.24, 2.45) is 0 Å². The molecule has 0 saturated heterocycles. The first-order valence-corrected chi connectivity index (χ1v) is 5.23. The summed E-state index contributed by atoms with van der Waals surface area (Å²) in [5, 5.41) is 2.73. The van der Waals surface area contributed by atoms with Crippen molar-refractivity contribution in [2.75, 3.05) is 12.4 Å². The number of methoxy groups -OCH3 is 1. The van der Waals surface area contributed by atoms with E-state index < -0.39 is 29.7 Å². The molecule has 0 aromatic heterocycles. The number of hydrogen-bond acceptors (Lipinski definition) is 3. The zero-order valence-corrected chi connectivity index (χ0v) is 9.47. The molecule has 1 aromatic rings. The number of ether oxygens (including phenoxy) is 2. The summed E-state index contributed by atoms with van der Waals surface area (Å²) in [6, 6.07) is 1.97. The van der Waals surface area contributed by atoms with Crippen molar-refractivity contribution < 1.29 is 27.0 Å². The molecule has 1 aromatic carbocycles. The van der Waals surface area contributed by atoms with Gasteiger partial charge < -0.3 is 14.8 Å². The van der Waals surface area contributed by atoms with E-state index >= 15 is 0 Å². The van der Waals surface area contributed by atoms with Gasteiger partial charge in [-0.05, 0) is 25.0 Å². The Bertz CT molecular complexity index is 449. The Labute approximate surface area is 101 Å². The molecule has 1 aliphatic rings. The molecule has 3 nitrogen and oxygen atoms in total. The second kappa shape index (κ2) is 4.64. The number of rotatable bonds is 5. The molecule has 0 spiro atoms. The van der Waals surface area contributed by atoms with Gasteiger partial charge in [-0.2, -0.15) is 13.2 Å². The summed E-state index contributed by atoms with van der Waals surface area (Å²) < 4.78 is 59.9. The van der Waals surface area contributed by atoms with E-state index in [1.807, 2.05) is 0 Å². The van der Waals surface area contributed by atoms with Gasteiger partial charge in [-0.3, -0.25) is 0 Å². The van der Waals surface area contributed by atoms with E-state index in [0.717, 1.165) is 12.1 Å². The summed E-state index contributed by atoms with van der Waals surface area (Å²) in [4.78, 5) is 0. The number of alkyl halides is 2. The molecule has 18 heavy (non-hydrogen) atoms. The second-order valence-corrected chi connectivity index (χ2v) is 3.94. The van der Waals surface area contributed by atoms with Gasteiger partial charge in [0.15, 0.2) is 11.6 Å². The first-order chi connectivity index (χ1) is 8.47. The van der Waals surface area contributed by atoms with Crippen molar-refractivity contribution in [3.05, 3.63) is 23.8 Å². The van der Waals surface area contributed by atoms with Crippen LogP contribution in [0, 0.1) is 11.6 Å². The van der Waals surface area contributed by atoms with E-state index in [0.29, 0.717) is 12.8 Å². The maximum absolute atomic E-state index is 13.4. The molecule has 1 saturated carbocycles. The maximum atomic E-state index is 13.4. The molecule has 0 heterocycles. The number of halogens is 4. The summed E-state index contributed by atoms with van der Waals surface area (Å²) in [6.45, 7) is -3.24. The molecule has 0 radical (unpaired) electrons. The molecule has 0 unspecified atom stereocenters. The Morgan fingerprint density at radius 2 is 1.94 bits per heavy atom. The first kappa shape index (κ1) is 12.9. The van der Waals surface area contributed by atoms with Crippen LogP contribution in [-0.4, -0.2) is 19.4 Å². The van der Waals surface area contributed by atoms with Crippen LogP contribution in [0.15, 0.2) is 12.1 Å². The molecule has 1 N–H and O–H groups in total. The zero-order valence-electron chi connectivity index (χ0n) is 9.47. The van der Waals surface area contributed by atoms with Gasteiger partial charge in [0.2, 0.25) is 5.82 Å². The third-order valence-corrected chi connectivity index (χ3v) is 2.71.